The molecule has 7 nitrogen and oxygen atoms in total. The van der Waals surface area contributed by atoms with Crippen LogP contribution in [-0.2, 0) is 6.54 Å². The molecular formula is C18H19F2N6O+. The van der Waals surface area contributed by atoms with E-state index in [9.17, 15) is 13.6 Å². The minimum Gasteiger partial charge on any atom is -0.329 e. The number of halogens is 2. The van der Waals surface area contributed by atoms with Gasteiger partial charge in [0.2, 0.25) is 11.8 Å². The van der Waals surface area contributed by atoms with Gasteiger partial charge in [-0.25, -0.2) is 23.7 Å². The second-order valence-electron chi connectivity index (χ2n) is 6.65. The molecule has 1 aliphatic heterocycles. The van der Waals surface area contributed by atoms with Crippen molar-refractivity contribution in [3.8, 4) is 0 Å². The molecule has 1 amide bonds. The van der Waals surface area contributed by atoms with Crippen molar-refractivity contribution in [3.05, 3.63) is 54.4 Å². The number of hydrogen-bond donors (Lipinski definition) is 2. The molecule has 1 fully saturated rings. The zero-order chi connectivity index (χ0) is 18.9. The molecule has 0 unspecified atom stereocenters. The van der Waals surface area contributed by atoms with E-state index in [0.717, 1.165) is 16.1 Å². The van der Waals surface area contributed by atoms with Gasteiger partial charge in [0.25, 0.3) is 11.8 Å². The minimum atomic E-state index is -2.57. The molecule has 3 aromatic heterocycles. The molecule has 0 radical (unpaired) electrons. The second kappa shape index (κ2) is 6.99. The summed E-state index contributed by atoms with van der Waals surface area (Å²) < 4.78 is 28.5. The van der Waals surface area contributed by atoms with Crippen LogP contribution in [0.25, 0.3) is 5.52 Å². The number of fused-ring (bicyclic) bond motifs is 1. The number of carbonyl (C=O) groups excluding carboxylic acids is 1. The fourth-order valence-electron chi connectivity index (χ4n) is 3.30. The molecule has 3 aromatic rings. The Hall–Kier alpha value is -2.94. The molecule has 2 N–H and O–H groups in total. The van der Waals surface area contributed by atoms with Crippen molar-refractivity contribution in [1.82, 2.24) is 19.4 Å². The van der Waals surface area contributed by atoms with Crippen LogP contribution in [0, 0.1) is 0 Å². The lowest BCUT2D eigenvalue weighted by molar-refractivity contribution is -0.921. The molecular weight excluding hydrogens is 354 g/mol. The van der Waals surface area contributed by atoms with Crippen molar-refractivity contribution in [2.75, 3.05) is 18.4 Å². The highest BCUT2D eigenvalue weighted by atomic mass is 19.3. The van der Waals surface area contributed by atoms with Crippen LogP contribution in [0.2, 0.25) is 0 Å². The van der Waals surface area contributed by atoms with Crippen molar-refractivity contribution in [2.24, 2.45) is 0 Å². The van der Waals surface area contributed by atoms with Crippen LogP contribution in [0.15, 0.2) is 42.9 Å². The predicted molar refractivity (Wildman–Crippen MR) is 93.8 cm³/mol. The Kier molecular flexibility index (Phi) is 4.53. The molecule has 4 rings (SSSR count). The average molecular weight is 373 g/mol. The SMILES string of the molecule is O=C(Nc1ncccn1)c1nc(C[NH+]2CCC(F)(F)CC2)c2ccccn12. The summed E-state index contributed by atoms with van der Waals surface area (Å²) in [5.74, 6) is -2.58. The molecule has 1 saturated heterocycles. The Morgan fingerprint density at radius 3 is 2.67 bits per heavy atom. The van der Waals surface area contributed by atoms with Gasteiger partial charge in [0, 0.05) is 18.6 Å². The summed E-state index contributed by atoms with van der Waals surface area (Å²) >= 11 is 0. The number of piperidine rings is 1. The zero-order valence-electron chi connectivity index (χ0n) is 14.5. The molecule has 0 saturated carbocycles. The maximum absolute atomic E-state index is 13.4. The van der Waals surface area contributed by atoms with E-state index in [1.54, 1.807) is 16.7 Å². The van der Waals surface area contributed by atoms with Gasteiger partial charge in [-0.05, 0) is 18.2 Å². The molecule has 0 aliphatic carbocycles. The largest absolute Gasteiger partial charge is 0.329 e. The summed E-state index contributed by atoms with van der Waals surface area (Å²) in [6, 6.07) is 7.20. The Morgan fingerprint density at radius 1 is 1.19 bits per heavy atom. The maximum atomic E-state index is 13.4. The summed E-state index contributed by atoms with van der Waals surface area (Å²) in [6.45, 7) is 1.27. The third-order valence-corrected chi connectivity index (χ3v) is 4.72. The molecule has 0 bridgehead atoms. The van der Waals surface area contributed by atoms with Crippen LogP contribution in [0.4, 0.5) is 14.7 Å². The molecule has 140 valence electrons. The fraction of sp³-hybridized carbons (Fsp3) is 0.333. The van der Waals surface area contributed by atoms with Gasteiger partial charge in [-0.2, -0.15) is 0 Å². The normalized spacial score (nSPS) is 17.1. The number of nitrogens with zero attached hydrogens (tertiary/aromatic N) is 4. The molecule has 27 heavy (non-hydrogen) atoms. The van der Waals surface area contributed by atoms with Gasteiger partial charge >= 0.3 is 0 Å². The lowest BCUT2D eigenvalue weighted by Crippen LogP contribution is -3.12. The number of hydrogen-bond acceptors (Lipinski definition) is 4. The van der Waals surface area contributed by atoms with Crippen LogP contribution in [-0.4, -0.2) is 44.3 Å². The first-order valence-electron chi connectivity index (χ1n) is 8.77. The van der Waals surface area contributed by atoms with E-state index in [4.69, 9.17) is 0 Å². The number of pyridine rings is 1. The van der Waals surface area contributed by atoms with Gasteiger partial charge in [-0.1, -0.05) is 6.07 Å². The number of likely N-dealkylation sites (tertiary alicyclic amines) is 1. The van der Waals surface area contributed by atoms with Gasteiger partial charge in [-0.15, -0.1) is 0 Å². The quantitative estimate of drug-likeness (QED) is 0.720. The smallest absolute Gasteiger partial charge is 0.294 e. The number of rotatable bonds is 4. The summed E-state index contributed by atoms with van der Waals surface area (Å²) in [7, 11) is 0. The van der Waals surface area contributed by atoms with Crippen molar-refractivity contribution in [1.29, 1.82) is 0 Å². The number of aromatic nitrogens is 4. The number of quaternary nitrogens is 1. The number of alkyl halides is 2. The van der Waals surface area contributed by atoms with E-state index >= 15 is 0 Å². The Balaban J connectivity index is 1.58. The highest BCUT2D eigenvalue weighted by Gasteiger charge is 2.37. The number of nitrogens with one attached hydrogen (secondary N) is 2. The molecule has 1 aliphatic rings. The van der Waals surface area contributed by atoms with E-state index in [1.165, 1.54) is 12.4 Å². The first kappa shape index (κ1) is 17.5. The highest BCUT2D eigenvalue weighted by molar-refractivity contribution is 6.01. The summed E-state index contributed by atoms with van der Waals surface area (Å²) in [4.78, 5) is 26.2. The number of carbonyl (C=O) groups is 1. The zero-order valence-corrected chi connectivity index (χ0v) is 14.5. The molecule has 0 aromatic carbocycles. The third kappa shape index (κ3) is 3.77. The van der Waals surface area contributed by atoms with Gasteiger partial charge < -0.3 is 4.90 Å². The summed E-state index contributed by atoms with van der Waals surface area (Å²) in [6.07, 6.45) is 4.59. The van der Waals surface area contributed by atoms with E-state index in [1.807, 2.05) is 18.2 Å². The molecule has 9 heteroatoms. The second-order valence-corrected chi connectivity index (χ2v) is 6.65. The van der Waals surface area contributed by atoms with E-state index < -0.39 is 11.8 Å². The lowest BCUT2D eigenvalue weighted by atomic mass is 10.1. The van der Waals surface area contributed by atoms with Gasteiger partial charge in [-0.3, -0.25) is 14.5 Å². The molecule has 4 heterocycles. The van der Waals surface area contributed by atoms with Gasteiger partial charge in [0.1, 0.15) is 12.2 Å². The van der Waals surface area contributed by atoms with E-state index in [-0.39, 0.29) is 24.6 Å². The molecule has 0 spiro atoms. The topological polar surface area (TPSA) is 76.6 Å². The van der Waals surface area contributed by atoms with Gasteiger partial charge in [0.15, 0.2) is 0 Å². The summed E-state index contributed by atoms with van der Waals surface area (Å²) in [5, 5.41) is 2.63. The van der Waals surface area contributed by atoms with Crippen LogP contribution < -0.4 is 10.2 Å². The summed E-state index contributed by atoms with van der Waals surface area (Å²) in [5.41, 5.74) is 1.51. The van der Waals surface area contributed by atoms with Crippen LogP contribution in [0.3, 0.4) is 0 Å². The monoisotopic (exact) mass is 373 g/mol. The van der Waals surface area contributed by atoms with E-state index in [2.05, 4.69) is 20.3 Å². The molecule has 0 atom stereocenters. The Labute approximate surface area is 154 Å². The standard InChI is InChI=1S/C18H18F2N6O/c19-18(20)5-10-25(11-6-18)12-13-14-4-1-2-9-26(14)15(23-13)16(27)24-17-21-7-3-8-22-17/h1-4,7-9H,5-6,10-12H2,(H,21,22,24,27)/p+1. The van der Waals surface area contributed by atoms with Crippen LogP contribution >= 0.6 is 0 Å². The number of imidazole rings is 1. The maximum Gasteiger partial charge on any atom is 0.294 e. The Bertz CT molecular complexity index is 949. The average Bonchev–Trinajstić information content (AvgIpc) is 3.03. The van der Waals surface area contributed by atoms with Crippen molar-refractivity contribution in [3.63, 3.8) is 0 Å². The third-order valence-electron chi connectivity index (χ3n) is 4.72. The number of amides is 1. The van der Waals surface area contributed by atoms with Crippen LogP contribution in [0.5, 0.6) is 0 Å². The lowest BCUT2D eigenvalue weighted by Gasteiger charge is -2.28. The van der Waals surface area contributed by atoms with Crippen molar-refractivity contribution < 1.29 is 18.5 Å². The minimum absolute atomic E-state index is 0.118. The first-order valence-corrected chi connectivity index (χ1v) is 8.77. The van der Waals surface area contributed by atoms with Gasteiger partial charge in [0.05, 0.1) is 31.4 Å². The number of anilines is 1. The van der Waals surface area contributed by atoms with Crippen molar-refractivity contribution >= 4 is 17.4 Å². The van der Waals surface area contributed by atoms with Crippen molar-refractivity contribution in [2.45, 2.75) is 25.3 Å². The highest BCUT2D eigenvalue weighted by Crippen LogP contribution is 2.23. The fourth-order valence-corrected chi connectivity index (χ4v) is 3.30. The Morgan fingerprint density at radius 2 is 1.93 bits per heavy atom. The van der Waals surface area contributed by atoms with E-state index in [0.29, 0.717) is 19.6 Å². The van der Waals surface area contributed by atoms with Crippen LogP contribution in [0.1, 0.15) is 29.2 Å². The first-order chi connectivity index (χ1) is 13.0. The predicted octanol–water partition coefficient (Wildman–Crippen LogP) is 1.19.